The van der Waals surface area contributed by atoms with Crippen molar-refractivity contribution < 1.29 is 18.7 Å². The van der Waals surface area contributed by atoms with Crippen molar-refractivity contribution in [1.82, 2.24) is 14.4 Å². The normalized spacial score (nSPS) is 16.0. The van der Waals surface area contributed by atoms with Crippen molar-refractivity contribution in [2.45, 2.75) is 26.4 Å². The quantitative estimate of drug-likeness (QED) is 0.420. The van der Waals surface area contributed by atoms with E-state index in [-0.39, 0.29) is 24.5 Å². The molecule has 2 aromatic carbocycles. The topological polar surface area (TPSA) is 67.9 Å². The summed E-state index contributed by atoms with van der Waals surface area (Å²) in [6.07, 6.45) is 1.65. The first-order valence-electron chi connectivity index (χ1n) is 11.9. The van der Waals surface area contributed by atoms with Gasteiger partial charge >= 0.3 is 0 Å². The molecule has 0 bridgehead atoms. The minimum absolute atomic E-state index is 0.0158. The summed E-state index contributed by atoms with van der Waals surface area (Å²) in [5.74, 6) is 0.540. The number of hydrogen-bond acceptors (Lipinski definition) is 4. The second-order valence-corrected chi connectivity index (χ2v) is 9.07. The van der Waals surface area contributed by atoms with Gasteiger partial charge < -0.3 is 23.5 Å². The van der Waals surface area contributed by atoms with E-state index in [4.69, 9.17) is 9.15 Å². The van der Waals surface area contributed by atoms with E-state index in [1.165, 1.54) is 5.56 Å². The van der Waals surface area contributed by atoms with Crippen LogP contribution in [-0.2, 0) is 11.3 Å². The highest BCUT2D eigenvalue weighted by Crippen LogP contribution is 2.25. The van der Waals surface area contributed by atoms with Crippen LogP contribution in [0.25, 0.3) is 11.1 Å². The zero-order chi connectivity index (χ0) is 24.4. The zero-order valence-electron chi connectivity index (χ0n) is 20.0. The fourth-order valence-corrected chi connectivity index (χ4v) is 4.60. The van der Waals surface area contributed by atoms with E-state index < -0.39 is 0 Å². The maximum absolute atomic E-state index is 13.6. The number of piperazine rings is 1. The minimum Gasteiger partial charge on any atom is -0.484 e. The number of rotatable bonds is 6. The second-order valence-electron chi connectivity index (χ2n) is 9.07. The second kappa shape index (κ2) is 9.70. The Labute approximate surface area is 204 Å². The summed E-state index contributed by atoms with van der Waals surface area (Å²) in [6.45, 7) is 5.96. The van der Waals surface area contributed by atoms with Crippen molar-refractivity contribution in [3.05, 3.63) is 89.8 Å². The summed E-state index contributed by atoms with van der Waals surface area (Å²) in [7, 11) is 0. The lowest BCUT2D eigenvalue weighted by molar-refractivity contribution is -0.137. The summed E-state index contributed by atoms with van der Waals surface area (Å²) in [5, 5.41) is 0.903. The lowest BCUT2D eigenvalue weighted by atomic mass is 10.1. The van der Waals surface area contributed by atoms with E-state index in [9.17, 15) is 9.59 Å². The Morgan fingerprint density at radius 2 is 1.80 bits per heavy atom. The molecule has 1 fully saturated rings. The van der Waals surface area contributed by atoms with Crippen molar-refractivity contribution in [3.8, 4) is 5.75 Å². The predicted molar refractivity (Wildman–Crippen MR) is 134 cm³/mol. The lowest BCUT2D eigenvalue weighted by Crippen LogP contribution is -2.56. The first-order chi connectivity index (χ1) is 17.0. The molecule has 4 aromatic rings. The molecule has 3 heterocycles. The third-order valence-corrected chi connectivity index (χ3v) is 6.52. The molecule has 5 rings (SSSR count). The largest absolute Gasteiger partial charge is 0.484 e. The van der Waals surface area contributed by atoms with Gasteiger partial charge in [0.2, 0.25) is 5.71 Å². The Kier molecular flexibility index (Phi) is 6.31. The number of carbonyl (C=O) groups is 2. The molecule has 2 aromatic heterocycles. The van der Waals surface area contributed by atoms with Gasteiger partial charge in [0.1, 0.15) is 11.4 Å². The molecule has 7 heteroatoms. The van der Waals surface area contributed by atoms with Crippen LogP contribution in [0.15, 0.2) is 77.4 Å². The predicted octanol–water partition coefficient (Wildman–Crippen LogP) is 4.34. The Hall–Kier alpha value is -4.00. The first-order valence-corrected chi connectivity index (χ1v) is 11.9. The molecule has 0 N–H and O–H groups in total. The molecule has 7 nitrogen and oxygen atoms in total. The van der Waals surface area contributed by atoms with Crippen LogP contribution in [0, 0.1) is 6.92 Å². The van der Waals surface area contributed by atoms with E-state index in [0.717, 1.165) is 10.9 Å². The average molecular weight is 472 g/mol. The van der Waals surface area contributed by atoms with Gasteiger partial charge in [0, 0.05) is 31.1 Å². The van der Waals surface area contributed by atoms with E-state index >= 15 is 0 Å². The number of furan rings is 1. The van der Waals surface area contributed by atoms with Crippen molar-refractivity contribution >= 4 is 22.9 Å². The molecule has 1 saturated heterocycles. The summed E-state index contributed by atoms with van der Waals surface area (Å²) >= 11 is 0. The van der Waals surface area contributed by atoms with E-state index in [0.29, 0.717) is 43.3 Å². The highest BCUT2D eigenvalue weighted by molar-refractivity contribution is 5.98. The molecular weight excluding hydrogens is 442 g/mol. The molecule has 0 saturated carbocycles. The Morgan fingerprint density at radius 1 is 1.03 bits per heavy atom. The Balaban J connectivity index is 1.28. The van der Waals surface area contributed by atoms with Crippen LogP contribution in [0.4, 0.5) is 0 Å². The van der Waals surface area contributed by atoms with Crippen LogP contribution >= 0.6 is 0 Å². The number of aromatic nitrogens is 1. The molecule has 2 amide bonds. The summed E-state index contributed by atoms with van der Waals surface area (Å²) in [6, 6.07) is 21.3. The van der Waals surface area contributed by atoms with Crippen LogP contribution in [0.2, 0.25) is 0 Å². The molecule has 0 aliphatic carbocycles. The fraction of sp³-hybridized carbons (Fsp3) is 0.286. The van der Waals surface area contributed by atoms with Gasteiger partial charge in [-0.1, -0.05) is 48.0 Å². The van der Waals surface area contributed by atoms with Gasteiger partial charge in [-0.2, -0.15) is 0 Å². The number of para-hydroxylation sites is 1. The fourth-order valence-electron chi connectivity index (χ4n) is 4.60. The molecule has 1 aliphatic heterocycles. The van der Waals surface area contributed by atoms with Crippen molar-refractivity contribution in [1.29, 1.82) is 0 Å². The van der Waals surface area contributed by atoms with Crippen LogP contribution in [0.1, 0.15) is 28.5 Å². The van der Waals surface area contributed by atoms with Crippen LogP contribution < -0.4 is 4.74 Å². The first kappa shape index (κ1) is 22.8. The van der Waals surface area contributed by atoms with Crippen molar-refractivity contribution in [3.63, 3.8) is 0 Å². The standard InChI is InChI=1S/C28H29N3O4/c1-20-8-10-22(11-9-20)18-31-25(16-23-12-15-34-28(23)31)27(33)29-13-14-30(21(2)17-29)26(32)19-35-24-6-4-3-5-7-24/h3-12,15-16,21H,13-14,17-19H2,1-2H3/t21-/m1/s1. The van der Waals surface area contributed by atoms with Gasteiger partial charge in [-0.25, -0.2) is 0 Å². The molecular formula is C28H29N3O4. The number of nitrogens with zero attached hydrogens (tertiary/aromatic N) is 3. The van der Waals surface area contributed by atoms with Gasteiger partial charge in [-0.3, -0.25) is 9.59 Å². The molecule has 0 unspecified atom stereocenters. The van der Waals surface area contributed by atoms with Crippen molar-refractivity contribution in [2.75, 3.05) is 26.2 Å². The Bertz CT molecular complexity index is 1320. The average Bonchev–Trinajstić information content (AvgIpc) is 3.46. The number of amides is 2. The van der Waals surface area contributed by atoms with Gasteiger partial charge in [0.25, 0.3) is 11.8 Å². The highest BCUT2D eigenvalue weighted by Gasteiger charge is 2.32. The zero-order valence-corrected chi connectivity index (χ0v) is 20.0. The number of benzene rings is 2. The smallest absolute Gasteiger partial charge is 0.270 e. The maximum atomic E-state index is 13.6. The summed E-state index contributed by atoms with van der Waals surface area (Å²) < 4.78 is 13.3. The number of ether oxygens (including phenoxy) is 1. The van der Waals surface area contributed by atoms with Crippen LogP contribution in [0.3, 0.4) is 0 Å². The third kappa shape index (κ3) is 4.80. The molecule has 1 aliphatic rings. The number of carbonyl (C=O) groups excluding carboxylic acids is 2. The van der Waals surface area contributed by atoms with E-state index in [1.54, 1.807) is 11.2 Å². The van der Waals surface area contributed by atoms with Gasteiger partial charge in [-0.15, -0.1) is 0 Å². The molecule has 0 radical (unpaired) electrons. The molecule has 1 atom stereocenters. The monoisotopic (exact) mass is 471 g/mol. The highest BCUT2D eigenvalue weighted by atomic mass is 16.5. The van der Waals surface area contributed by atoms with Gasteiger partial charge in [-0.05, 0) is 43.7 Å². The van der Waals surface area contributed by atoms with Gasteiger partial charge in [0.15, 0.2) is 6.61 Å². The van der Waals surface area contributed by atoms with Crippen molar-refractivity contribution in [2.24, 2.45) is 0 Å². The molecule has 35 heavy (non-hydrogen) atoms. The minimum atomic E-state index is -0.108. The van der Waals surface area contributed by atoms with E-state index in [2.05, 4.69) is 31.2 Å². The number of fused-ring (bicyclic) bond motifs is 1. The molecule has 180 valence electrons. The summed E-state index contributed by atoms with van der Waals surface area (Å²) in [4.78, 5) is 30.0. The molecule has 0 spiro atoms. The SMILES string of the molecule is Cc1ccc(Cn2c(C(=O)N3CCN(C(=O)COc4ccccc4)[C@H](C)C3)cc3ccoc32)cc1. The maximum Gasteiger partial charge on any atom is 0.270 e. The van der Waals surface area contributed by atoms with Crippen LogP contribution in [-0.4, -0.2) is 58.5 Å². The third-order valence-electron chi connectivity index (χ3n) is 6.52. The number of aryl methyl sites for hydroxylation is 1. The van der Waals surface area contributed by atoms with Gasteiger partial charge in [0.05, 0.1) is 12.8 Å². The van der Waals surface area contributed by atoms with E-state index in [1.807, 2.05) is 58.9 Å². The summed E-state index contributed by atoms with van der Waals surface area (Å²) in [5.41, 5.74) is 3.57. The lowest BCUT2D eigenvalue weighted by Gasteiger charge is -2.39. The number of hydrogen-bond donors (Lipinski definition) is 0. The Morgan fingerprint density at radius 3 is 2.54 bits per heavy atom. The van der Waals surface area contributed by atoms with Crippen LogP contribution in [0.5, 0.6) is 5.75 Å².